The van der Waals surface area contributed by atoms with Crippen molar-refractivity contribution in [3.8, 4) is 11.3 Å². The van der Waals surface area contributed by atoms with E-state index in [0.717, 1.165) is 34.3 Å². The number of halogens is 1. The van der Waals surface area contributed by atoms with Crippen LogP contribution in [0.1, 0.15) is 28.5 Å². The lowest BCUT2D eigenvalue weighted by Crippen LogP contribution is -2.14. The highest BCUT2D eigenvalue weighted by molar-refractivity contribution is 6.33. The predicted octanol–water partition coefficient (Wildman–Crippen LogP) is 5.58. The molecule has 0 fully saturated rings. The maximum atomic E-state index is 13.4. The molecule has 3 aromatic heterocycles. The highest BCUT2D eigenvalue weighted by atomic mass is 35.5. The van der Waals surface area contributed by atoms with Gasteiger partial charge in [-0.05, 0) is 31.5 Å². The molecule has 2 aromatic carbocycles. The van der Waals surface area contributed by atoms with Crippen LogP contribution in [0.15, 0.2) is 73.1 Å². The third kappa shape index (κ3) is 4.18. The summed E-state index contributed by atoms with van der Waals surface area (Å²) in [6.45, 7) is 5.36. The fourth-order valence-corrected chi connectivity index (χ4v) is 4.22. The summed E-state index contributed by atoms with van der Waals surface area (Å²) in [6.07, 6.45) is 3.50. The number of nitrogens with one attached hydrogen (secondary N) is 1. The zero-order valence-electron chi connectivity index (χ0n) is 18.9. The summed E-state index contributed by atoms with van der Waals surface area (Å²) in [5, 5.41) is 12.9. The number of aryl methyl sites for hydroxylation is 1. The molecule has 0 atom stereocenters. The Morgan fingerprint density at radius 2 is 1.85 bits per heavy atom. The number of nitrogens with zero attached hydrogens (tertiary/aromatic N) is 5. The molecule has 170 valence electrons. The Balaban J connectivity index is 1.49. The summed E-state index contributed by atoms with van der Waals surface area (Å²) in [7, 11) is 0. The second-order valence-electron chi connectivity index (χ2n) is 7.99. The molecule has 5 rings (SSSR count). The van der Waals surface area contributed by atoms with Gasteiger partial charge in [0.05, 0.1) is 29.5 Å². The summed E-state index contributed by atoms with van der Waals surface area (Å²) >= 11 is 6.41. The van der Waals surface area contributed by atoms with Gasteiger partial charge in [0, 0.05) is 29.4 Å². The Morgan fingerprint density at radius 3 is 2.62 bits per heavy atom. The number of para-hydroxylation sites is 1. The van der Waals surface area contributed by atoms with Crippen LogP contribution in [0.3, 0.4) is 0 Å². The molecule has 7 nitrogen and oxygen atoms in total. The number of carbonyl (C=O) groups is 1. The van der Waals surface area contributed by atoms with E-state index in [0.29, 0.717) is 28.6 Å². The zero-order chi connectivity index (χ0) is 23.7. The molecule has 3 heterocycles. The van der Waals surface area contributed by atoms with Crippen molar-refractivity contribution in [1.29, 1.82) is 0 Å². The molecule has 0 spiro atoms. The quantitative estimate of drug-likeness (QED) is 0.351. The molecule has 34 heavy (non-hydrogen) atoms. The number of rotatable bonds is 6. The third-order valence-corrected chi connectivity index (χ3v) is 6.05. The van der Waals surface area contributed by atoms with E-state index in [1.165, 1.54) is 0 Å². The largest absolute Gasteiger partial charge is 0.304 e. The monoisotopic (exact) mass is 470 g/mol. The number of hydrogen-bond acceptors (Lipinski definition) is 4. The first-order valence-electron chi connectivity index (χ1n) is 11.0. The van der Waals surface area contributed by atoms with Gasteiger partial charge in [-0.25, -0.2) is 4.98 Å². The highest BCUT2D eigenvalue weighted by Crippen LogP contribution is 2.28. The molecule has 5 aromatic rings. The molecule has 0 aliphatic rings. The first kappa shape index (κ1) is 21.9. The molecule has 8 heteroatoms. The Labute approximate surface area is 202 Å². The number of aromatic nitrogens is 5. The lowest BCUT2D eigenvalue weighted by molar-refractivity contribution is 0.102. The first-order valence-corrected chi connectivity index (χ1v) is 11.4. The molecular formula is C26H23ClN6O. The van der Waals surface area contributed by atoms with Gasteiger partial charge in [0.25, 0.3) is 5.91 Å². The van der Waals surface area contributed by atoms with E-state index in [9.17, 15) is 4.79 Å². The number of hydrogen-bond donors (Lipinski definition) is 1. The molecule has 1 amide bonds. The van der Waals surface area contributed by atoms with E-state index in [4.69, 9.17) is 16.6 Å². The number of carbonyl (C=O) groups excluding carboxylic acids is 1. The minimum absolute atomic E-state index is 0.299. The Morgan fingerprint density at radius 1 is 1.09 bits per heavy atom. The van der Waals surface area contributed by atoms with Crippen molar-refractivity contribution >= 4 is 34.2 Å². The minimum Gasteiger partial charge on any atom is -0.304 e. The predicted molar refractivity (Wildman–Crippen MR) is 134 cm³/mol. The van der Waals surface area contributed by atoms with Crippen molar-refractivity contribution in [2.45, 2.75) is 26.9 Å². The molecule has 0 unspecified atom stereocenters. The molecule has 0 radical (unpaired) electrons. The van der Waals surface area contributed by atoms with Crippen LogP contribution in [0, 0.1) is 6.92 Å². The number of benzene rings is 2. The van der Waals surface area contributed by atoms with Crippen molar-refractivity contribution in [2.75, 3.05) is 5.32 Å². The second kappa shape index (κ2) is 9.11. The van der Waals surface area contributed by atoms with Crippen molar-refractivity contribution in [3.05, 3.63) is 94.9 Å². The molecule has 1 N–H and O–H groups in total. The van der Waals surface area contributed by atoms with Gasteiger partial charge in [-0.1, -0.05) is 60.1 Å². The van der Waals surface area contributed by atoms with Crippen LogP contribution in [0.2, 0.25) is 5.02 Å². The van der Waals surface area contributed by atoms with Crippen LogP contribution < -0.4 is 5.32 Å². The average molecular weight is 471 g/mol. The standard InChI is InChI=1S/C26H23ClN6O/c1-3-33-17(2)21(14-28-33)24-13-20(19-11-7-8-12-23(19)29-24)26(34)30-25-22(27)16-32(31-25)15-18-9-5-4-6-10-18/h4-14,16H,3,15H2,1-2H3,(H,30,31,34). The number of anilines is 1. The van der Waals surface area contributed by atoms with E-state index in [1.807, 2.05) is 73.1 Å². The summed E-state index contributed by atoms with van der Waals surface area (Å²) in [5.74, 6) is 0.0206. The molecule has 0 bridgehead atoms. The number of fused-ring (bicyclic) bond motifs is 1. The normalized spacial score (nSPS) is 11.1. The summed E-state index contributed by atoms with van der Waals surface area (Å²) in [4.78, 5) is 18.2. The van der Waals surface area contributed by atoms with Gasteiger partial charge in [-0.2, -0.15) is 10.2 Å². The van der Waals surface area contributed by atoms with Crippen LogP contribution in [0.4, 0.5) is 5.82 Å². The van der Waals surface area contributed by atoms with Gasteiger partial charge in [0.1, 0.15) is 5.02 Å². The van der Waals surface area contributed by atoms with E-state index in [-0.39, 0.29) is 5.91 Å². The number of pyridine rings is 1. The second-order valence-corrected chi connectivity index (χ2v) is 8.40. The summed E-state index contributed by atoms with van der Waals surface area (Å²) < 4.78 is 3.62. The Bertz CT molecular complexity index is 1490. The lowest BCUT2D eigenvalue weighted by atomic mass is 10.0. The molecule has 0 aliphatic heterocycles. The van der Waals surface area contributed by atoms with Crippen LogP contribution >= 0.6 is 11.6 Å². The van der Waals surface area contributed by atoms with Crippen LogP contribution in [-0.4, -0.2) is 30.5 Å². The van der Waals surface area contributed by atoms with E-state index in [1.54, 1.807) is 23.1 Å². The van der Waals surface area contributed by atoms with Gasteiger partial charge >= 0.3 is 0 Å². The Kier molecular flexibility index (Phi) is 5.86. The molecule has 0 aliphatic carbocycles. The molecule has 0 saturated heterocycles. The van der Waals surface area contributed by atoms with Crippen LogP contribution in [-0.2, 0) is 13.1 Å². The fraction of sp³-hybridized carbons (Fsp3) is 0.154. The van der Waals surface area contributed by atoms with Crippen LogP contribution in [0.25, 0.3) is 22.2 Å². The van der Waals surface area contributed by atoms with Crippen molar-refractivity contribution in [3.63, 3.8) is 0 Å². The number of amides is 1. The maximum Gasteiger partial charge on any atom is 0.257 e. The molecular weight excluding hydrogens is 448 g/mol. The van der Waals surface area contributed by atoms with Crippen molar-refractivity contribution < 1.29 is 4.79 Å². The highest BCUT2D eigenvalue weighted by Gasteiger charge is 2.19. The van der Waals surface area contributed by atoms with Gasteiger partial charge < -0.3 is 5.32 Å². The third-order valence-electron chi connectivity index (χ3n) is 5.78. The van der Waals surface area contributed by atoms with Gasteiger partial charge in [-0.15, -0.1) is 0 Å². The Hall–Kier alpha value is -3.97. The molecule has 0 saturated carbocycles. The fourth-order valence-electron chi connectivity index (χ4n) is 4.03. The van der Waals surface area contributed by atoms with Crippen LogP contribution in [0.5, 0.6) is 0 Å². The zero-order valence-corrected chi connectivity index (χ0v) is 19.6. The SMILES string of the molecule is CCn1ncc(-c2cc(C(=O)Nc3nn(Cc4ccccc4)cc3Cl)c3ccccc3n2)c1C. The van der Waals surface area contributed by atoms with Gasteiger partial charge in [0.15, 0.2) is 5.82 Å². The first-order chi connectivity index (χ1) is 16.5. The van der Waals surface area contributed by atoms with E-state index < -0.39 is 0 Å². The average Bonchev–Trinajstić information content (AvgIpc) is 3.39. The minimum atomic E-state index is -0.299. The topological polar surface area (TPSA) is 77.6 Å². The van der Waals surface area contributed by atoms with E-state index >= 15 is 0 Å². The van der Waals surface area contributed by atoms with Crippen molar-refractivity contribution in [1.82, 2.24) is 24.5 Å². The van der Waals surface area contributed by atoms with Gasteiger partial charge in [0.2, 0.25) is 0 Å². The van der Waals surface area contributed by atoms with Gasteiger partial charge in [-0.3, -0.25) is 14.2 Å². The van der Waals surface area contributed by atoms with Crippen molar-refractivity contribution in [2.24, 2.45) is 0 Å². The lowest BCUT2D eigenvalue weighted by Gasteiger charge is -2.10. The van der Waals surface area contributed by atoms with E-state index in [2.05, 4.69) is 15.5 Å². The summed E-state index contributed by atoms with van der Waals surface area (Å²) in [6, 6.07) is 19.3. The summed E-state index contributed by atoms with van der Waals surface area (Å²) in [5.41, 5.74) is 4.91. The maximum absolute atomic E-state index is 13.4. The smallest absolute Gasteiger partial charge is 0.257 e.